The molecule has 1 aromatic carbocycles. The van der Waals surface area contributed by atoms with Crippen LogP contribution in [0.1, 0.15) is 63.0 Å². The van der Waals surface area contributed by atoms with Gasteiger partial charge in [-0.3, -0.25) is 19.3 Å². The first-order chi connectivity index (χ1) is 14.6. The van der Waals surface area contributed by atoms with Gasteiger partial charge >= 0.3 is 0 Å². The Kier molecular flexibility index (Phi) is 5.21. The topological polar surface area (TPSA) is 66.5 Å². The van der Waals surface area contributed by atoms with Crippen molar-refractivity contribution >= 4 is 17.7 Å². The van der Waals surface area contributed by atoms with Gasteiger partial charge in [0.05, 0.1) is 24.3 Å². The van der Waals surface area contributed by atoms with Crippen molar-refractivity contribution in [1.82, 2.24) is 10.2 Å². The number of rotatable bonds is 5. The van der Waals surface area contributed by atoms with Crippen molar-refractivity contribution in [2.24, 2.45) is 23.7 Å². The Morgan fingerprint density at radius 3 is 2.07 bits per heavy atom. The van der Waals surface area contributed by atoms with Crippen LogP contribution in [0.5, 0.6) is 0 Å². The Morgan fingerprint density at radius 1 is 0.900 bits per heavy atom. The molecular formula is C25H30N2O3. The summed E-state index contributed by atoms with van der Waals surface area (Å²) in [5, 5.41) is 3.16. The van der Waals surface area contributed by atoms with Crippen molar-refractivity contribution in [3.05, 3.63) is 48.0 Å². The summed E-state index contributed by atoms with van der Waals surface area (Å²) in [5.74, 6) is -0.385. The normalized spacial score (nSPS) is 31.7. The molecular weight excluding hydrogens is 376 g/mol. The average Bonchev–Trinajstić information content (AvgIpc) is 3.07. The molecule has 5 aliphatic rings. The fourth-order valence-electron chi connectivity index (χ4n) is 6.15. The van der Waals surface area contributed by atoms with E-state index in [2.05, 4.69) is 17.5 Å². The Morgan fingerprint density at radius 2 is 1.50 bits per heavy atom. The highest BCUT2D eigenvalue weighted by atomic mass is 16.2. The van der Waals surface area contributed by atoms with Crippen molar-refractivity contribution in [3.63, 3.8) is 0 Å². The molecule has 1 saturated heterocycles. The van der Waals surface area contributed by atoms with Crippen LogP contribution >= 0.6 is 0 Å². The van der Waals surface area contributed by atoms with Gasteiger partial charge in [-0.2, -0.15) is 0 Å². The number of carbonyl (C=O) groups is 3. The summed E-state index contributed by atoms with van der Waals surface area (Å²) >= 11 is 0. The van der Waals surface area contributed by atoms with Gasteiger partial charge < -0.3 is 5.32 Å². The average molecular weight is 407 g/mol. The molecule has 1 N–H and O–H groups in total. The van der Waals surface area contributed by atoms with E-state index in [-0.39, 0.29) is 53.9 Å². The molecule has 158 valence electrons. The summed E-state index contributed by atoms with van der Waals surface area (Å²) < 4.78 is 0. The molecule has 1 aliphatic heterocycles. The third kappa shape index (κ3) is 3.38. The van der Waals surface area contributed by atoms with Crippen LogP contribution in [-0.4, -0.2) is 28.7 Å². The summed E-state index contributed by atoms with van der Waals surface area (Å²) in [5.41, 5.74) is 0.858. The van der Waals surface area contributed by atoms with E-state index in [1.807, 2.05) is 30.3 Å². The summed E-state index contributed by atoms with van der Waals surface area (Å²) in [4.78, 5) is 41.3. The predicted molar refractivity (Wildman–Crippen MR) is 113 cm³/mol. The second-order valence-corrected chi connectivity index (χ2v) is 9.42. The number of hydrogen-bond donors (Lipinski definition) is 1. The molecule has 5 nitrogen and oxygen atoms in total. The second-order valence-electron chi connectivity index (χ2n) is 9.42. The lowest BCUT2D eigenvalue weighted by Crippen LogP contribution is -2.41. The van der Waals surface area contributed by atoms with Gasteiger partial charge in [-0.05, 0) is 43.1 Å². The Bertz CT molecular complexity index is 826. The Hall–Kier alpha value is -2.43. The third-order valence-corrected chi connectivity index (χ3v) is 7.64. The van der Waals surface area contributed by atoms with Gasteiger partial charge in [-0.1, -0.05) is 61.7 Å². The molecule has 1 aromatic rings. The minimum atomic E-state index is -0.528. The molecule has 5 heteroatoms. The lowest BCUT2D eigenvalue weighted by Gasteiger charge is -2.38. The summed E-state index contributed by atoms with van der Waals surface area (Å²) in [7, 11) is 0. The van der Waals surface area contributed by atoms with Crippen LogP contribution in [0.3, 0.4) is 0 Å². The number of nitrogens with one attached hydrogen (secondary N) is 1. The van der Waals surface area contributed by atoms with Gasteiger partial charge in [-0.15, -0.1) is 0 Å². The monoisotopic (exact) mass is 406 g/mol. The van der Waals surface area contributed by atoms with Crippen molar-refractivity contribution in [3.8, 4) is 0 Å². The molecule has 0 spiro atoms. The lowest BCUT2D eigenvalue weighted by molar-refractivity contribution is -0.143. The quantitative estimate of drug-likeness (QED) is 0.598. The molecule has 5 atom stereocenters. The molecule has 1 heterocycles. The zero-order chi connectivity index (χ0) is 20.7. The number of benzene rings is 1. The first-order valence-electron chi connectivity index (χ1n) is 11.5. The maximum Gasteiger partial charge on any atom is 0.234 e. The maximum atomic E-state index is 13.5. The largest absolute Gasteiger partial charge is 0.353 e. The van der Waals surface area contributed by atoms with E-state index in [1.54, 1.807) is 0 Å². The van der Waals surface area contributed by atoms with Gasteiger partial charge in [-0.25, -0.2) is 0 Å². The first kappa shape index (κ1) is 19.5. The summed E-state index contributed by atoms with van der Waals surface area (Å²) in [6, 6.07) is 9.27. The minimum absolute atomic E-state index is 0.0627. The van der Waals surface area contributed by atoms with Crippen molar-refractivity contribution in [2.45, 2.75) is 63.5 Å². The number of carbonyl (C=O) groups excluding carboxylic acids is 3. The van der Waals surface area contributed by atoms with Gasteiger partial charge in [0.1, 0.15) is 0 Å². The fraction of sp³-hybridized carbons (Fsp3) is 0.560. The van der Waals surface area contributed by atoms with Crippen LogP contribution in [0.4, 0.5) is 0 Å². The van der Waals surface area contributed by atoms with Crippen molar-refractivity contribution in [1.29, 1.82) is 0 Å². The standard InChI is InChI=1S/C25H30N2O3/c28-21(26-19-9-5-2-6-10-19)15-20(16-7-3-1-4-8-16)27-24(29)22-17-11-12-18(14-13-17)23(22)25(27)30/h1,3-4,7-8,11-12,17-20,22-23H,2,5-6,9-10,13-15H2,(H,26,28). The highest BCUT2D eigenvalue weighted by Crippen LogP contribution is 2.51. The van der Waals surface area contributed by atoms with E-state index >= 15 is 0 Å². The van der Waals surface area contributed by atoms with E-state index in [9.17, 15) is 14.4 Å². The van der Waals surface area contributed by atoms with Crippen LogP contribution in [0.15, 0.2) is 42.5 Å². The van der Waals surface area contributed by atoms with Gasteiger partial charge in [0.15, 0.2) is 0 Å². The second kappa shape index (κ2) is 8.01. The summed E-state index contributed by atoms with van der Waals surface area (Å²) in [6.45, 7) is 0. The van der Waals surface area contributed by atoms with Crippen LogP contribution in [0.2, 0.25) is 0 Å². The van der Waals surface area contributed by atoms with Crippen LogP contribution in [-0.2, 0) is 14.4 Å². The Labute approximate surface area is 177 Å². The number of imide groups is 1. The highest BCUT2D eigenvalue weighted by Gasteiger charge is 2.58. The molecule has 0 radical (unpaired) electrons. The first-order valence-corrected chi connectivity index (χ1v) is 11.5. The number of hydrogen-bond acceptors (Lipinski definition) is 3. The molecule has 6 rings (SSSR count). The molecule has 2 saturated carbocycles. The number of nitrogens with zero attached hydrogens (tertiary/aromatic N) is 1. The lowest BCUT2D eigenvalue weighted by atomic mass is 9.63. The fourth-order valence-corrected chi connectivity index (χ4v) is 6.15. The molecule has 5 unspecified atom stereocenters. The SMILES string of the molecule is O=C(CC(c1ccccc1)N1C(=O)C2C3C=CC(CC3)C2C1=O)NC1CCCCC1. The van der Waals surface area contributed by atoms with Gasteiger partial charge in [0, 0.05) is 6.04 Å². The van der Waals surface area contributed by atoms with Gasteiger partial charge in [0.25, 0.3) is 0 Å². The van der Waals surface area contributed by atoms with E-state index in [4.69, 9.17) is 0 Å². The predicted octanol–water partition coefficient (Wildman–Crippen LogP) is 3.76. The van der Waals surface area contributed by atoms with Gasteiger partial charge in [0.2, 0.25) is 17.7 Å². The number of likely N-dealkylation sites (tertiary alicyclic amines) is 1. The zero-order valence-electron chi connectivity index (χ0n) is 17.3. The number of amides is 3. The van der Waals surface area contributed by atoms with E-state index in [1.165, 1.54) is 11.3 Å². The van der Waals surface area contributed by atoms with Crippen LogP contribution in [0, 0.1) is 23.7 Å². The molecule has 0 aromatic heterocycles. The molecule has 4 aliphatic carbocycles. The molecule has 2 bridgehead atoms. The smallest absolute Gasteiger partial charge is 0.234 e. The highest BCUT2D eigenvalue weighted by molar-refractivity contribution is 6.06. The van der Waals surface area contributed by atoms with Crippen LogP contribution < -0.4 is 5.32 Å². The van der Waals surface area contributed by atoms with Crippen LogP contribution in [0.25, 0.3) is 0 Å². The van der Waals surface area contributed by atoms with E-state index in [0.717, 1.165) is 44.1 Å². The maximum absolute atomic E-state index is 13.5. The molecule has 3 amide bonds. The zero-order valence-corrected chi connectivity index (χ0v) is 17.3. The number of allylic oxidation sites excluding steroid dienone is 2. The molecule has 3 fully saturated rings. The third-order valence-electron chi connectivity index (χ3n) is 7.64. The minimum Gasteiger partial charge on any atom is -0.353 e. The number of fused-ring (bicyclic) bond motifs is 1. The van der Waals surface area contributed by atoms with Crippen molar-refractivity contribution < 1.29 is 14.4 Å². The van der Waals surface area contributed by atoms with E-state index in [0.29, 0.717) is 0 Å². The molecule has 30 heavy (non-hydrogen) atoms. The summed E-state index contributed by atoms with van der Waals surface area (Å²) in [6.07, 6.45) is 11.9. The van der Waals surface area contributed by atoms with Crippen molar-refractivity contribution in [2.75, 3.05) is 0 Å². The Balaban J connectivity index is 1.40. The van der Waals surface area contributed by atoms with E-state index < -0.39 is 6.04 Å².